The van der Waals surface area contributed by atoms with Crippen LogP contribution < -0.4 is 0 Å². The summed E-state index contributed by atoms with van der Waals surface area (Å²) in [5.41, 5.74) is 10.1. The van der Waals surface area contributed by atoms with E-state index in [4.69, 9.17) is 0 Å². The van der Waals surface area contributed by atoms with E-state index in [1.807, 2.05) is 0 Å². The van der Waals surface area contributed by atoms with E-state index in [9.17, 15) is 0 Å². The van der Waals surface area contributed by atoms with Gasteiger partial charge >= 0.3 is 0 Å². The largest absolute Gasteiger partial charge is 0.0622 e. The Kier molecular flexibility index (Phi) is 6.25. The molecule has 46 heavy (non-hydrogen) atoms. The fourth-order valence-corrected chi connectivity index (χ4v) is 7.41. The summed E-state index contributed by atoms with van der Waals surface area (Å²) < 4.78 is 0. The molecule has 9 aromatic rings. The summed E-state index contributed by atoms with van der Waals surface area (Å²) >= 11 is 0. The molecular weight excluding hydrogens is 553 g/mol. The number of hydrogen-bond donors (Lipinski definition) is 0. The van der Waals surface area contributed by atoms with Crippen molar-refractivity contribution in [1.29, 1.82) is 0 Å². The van der Waals surface area contributed by atoms with Gasteiger partial charge in [0.15, 0.2) is 0 Å². The molecule has 0 bridgehead atoms. The molecule has 0 aromatic heterocycles. The Morgan fingerprint density at radius 2 is 0.652 bits per heavy atom. The van der Waals surface area contributed by atoms with Crippen molar-refractivity contribution in [3.8, 4) is 44.5 Å². The summed E-state index contributed by atoms with van der Waals surface area (Å²) in [7, 11) is 0. The highest BCUT2D eigenvalue weighted by Gasteiger charge is 2.19. The maximum absolute atomic E-state index is 2.37. The smallest absolute Gasteiger partial charge is 0.00201 e. The third kappa shape index (κ3) is 4.23. The van der Waals surface area contributed by atoms with Gasteiger partial charge in [-0.05, 0) is 93.7 Å². The minimum absolute atomic E-state index is 1.23. The lowest BCUT2D eigenvalue weighted by Crippen LogP contribution is -1.93. The zero-order chi connectivity index (χ0) is 30.5. The van der Waals surface area contributed by atoms with Crippen molar-refractivity contribution in [2.24, 2.45) is 0 Å². The molecular formula is C46H30. The fraction of sp³-hybridized carbons (Fsp3) is 0. The summed E-state index contributed by atoms with van der Waals surface area (Å²) in [6.45, 7) is 0. The molecule has 0 aliphatic heterocycles. The highest BCUT2D eigenvalue weighted by Crippen LogP contribution is 2.47. The molecule has 0 unspecified atom stereocenters. The van der Waals surface area contributed by atoms with Gasteiger partial charge in [-0.3, -0.25) is 0 Å². The van der Waals surface area contributed by atoms with Crippen molar-refractivity contribution < 1.29 is 0 Å². The average Bonchev–Trinajstić information content (AvgIpc) is 3.14. The van der Waals surface area contributed by atoms with Crippen molar-refractivity contribution >= 4 is 43.1 Å². The van der Waals surface area contributed by atoms with Crippen molar-refractivity contribution in [3.63, 3.8) is 0 Å². The predicted molar refractivity (Wildman–Crippen MR) is 198 cm³/mol. The van der Waals surface area contributed by atoms with Crippen LogP contribution in [0, 0.1) is 0 Å². The van der Waals surface area contributed by atoms with E-state index in [0.29, 0.717) is 0 Å². The Bertz CT molecular complexity index is 2430. The van der Waals surface area contributed by atoms with Crippen LogP contribution in [-0.4, -0.2) is 0 Å². The van der Waals surface area contributed by atoms with Crippen molar-refractivity contribution in [2.75, 3.05) is 0 Å². The summed E-state index contributed by atoms with van der Waals surface area (Å²) in [5.74, 6) is 0. The zero-order valence-electron chi connectivity index (χ0n) is 25.3. The van der Waals surface area contributed by atoms with E-state index in [1.165, 1.54) is 87.6 Å². The molecule has 9 aromatic carbocycles. The van der Waals surface area contributed by atoms with Gasteiger partial charge in [-0.15, -0.1) is 0 Å². The van der Waals surface area contributed by atoms with Gasteiger partial charge in [0.1, 0.15) is 0 Å². The standard InChI is InChI=1S/C46H30/c1-3-14-31(15-4-1)34-29-28-33-18-11-26-43(44(33)30-34)46-41-21-9-7-19-39(41)45(40-20-8-10-22-42(40)46)38-27-13-24-36-35(23-12-25-37(36)38)32-16-5-2-6-17-32/h1-30H. The van der Waals surface area contributed by atoms with Gasteiger partial charge in [0.25, 0.3) is 0 Å². The van der Waals surface area contributed by atoms with Crippen LogP contribution in [0.5, 0.6) is 0 Å². The molecule has 0 nitrogen and oxygen atoms in total. The molecule has 0 amide bonds. The van der Waals surface area contributed by atoms with Crippen LogP contribution in [-0.2, 0) is 0 Å². The Morgan fingerprint density at radius 1 is 0.217 bits per heavy atom. The molecule has 0 aliphatic rings. The molecule has 0 radical (unpaired) electrons. The fourth-order valence-electron chi connectivity index (χ4n) is 7.41. The van der Waals surface area contributed by atoms with Gasteiger partial charge in [0, 0.05) is 0 Å². The molecule has 0 atom stereocenters. The Labute approximate surface area is 268 Å². The van der Waals surface area contributed by atoms with E-state index < -0.39 is 0 Å². The highest BCUT2D eigenvalue weighted by molar-refractivity contribution is 6.25. The van der Waals surface area contributed by atoms with Gasteiger partial charge < -0.3 is 0 Å². The summed E-state index contributed by atoms with van der Waals surface area (Å²) in [4.78, 5) is 0. The van der Waals surface area contributed by atoms with Crippen LogP contribution in [0.25, 0.3) is 87.6 Å². The highest BCUT2D eigenvalue weighted by atomic mass is 14.2. The second-order valence-electron chi connectivity index (χ2n) is 12.0. The van der Waals surface area contributed by atoms with Gasteiger partial charge in [-0.1, -0.05) is 176 Å². The van der Waals surface area contributed by atoms with Gasteiger partial charge in [0.2, 0.25) is 0 Å². The first-order chi connectivity index (χ1) is 22.8. The van der Waals surface area contributed by atoms with Crippen LogP contribution in [0.2, 0.25) is 0 Å². The molecule has 9 rings (SSSR count). The number of rotatable bonds is 4. The number of fused-ring (bicyclic) bond motifs is 4. The van der Waals surface area contributed by atoms with Crippen LogP contribution in [0.15, 0.2) is 182 Å². The third-order valence-corrected chi connectivity index (χ3v) is 9.47. The Balaban J connectivity index is 1.37. The number of benzene rings is 9. The first-order valence-electron chi connectivity index (χ1n) is 15.9. The van der Waals surface area contributed by atoms with Crippen molar-refractivity contribution in [1.82, 2.24) is 0 Å². The summed E-state index contributed by atoms with van der Waals surface area (Å²) in [6, 6.07) is 66.5. The maximum Gasteiger partial charge on any atom is -0.00201 e. The van der Waals surface area contributed by atoms with Crippen molar-refractivity contribution in [3.05, 3.63) is 182 Å². The van der Waals surface area contributed by atoms with Crippen molar-refractivity contribution in [2.45, 2.75) is 0 Å². The first kappa shape index (κ1) is 26.4. The second-order valence-corrected chi connectivity index (χ2v) is 12.0. The summed E-state index contributed by atoms with van der Waals surface area (Å²) in [6.07, 6.45) is 0. The zero-order valence-corrected chi connectivity index (χ0v) is 25.3. The molecule has 214 valence electrons. The molecule has 0 heteroatoms. The van der Waals surface area contributed by atoms with Crippen LogP contribution >= 0.6 is 0 Å². The van der Waals surface area contributed by atoms with E-state index in [1.54, 1.807) is 0 Å². The lowest BCUT2D eigenvalue weighted by atomic mass is 9.83. The number of hydrogen-bond acceptors (Lipinski definition) is 0. The third-order valence-electron chi connectivity index (χ3n) is 9.47. The topological polar surface area (TPSA) is 0 Å². The van der Waals surface area contributed by atoms with Crippen LogP contribution in [0.4, 0.5) is 0 Å². The SMILES string of the molecule is c1ccc(-c2ccc3cccc(-c4c5ccccc5c(-c5cccc6c(-c7ccccc7)cccc56)c5ccccc45)c3c2)cc1. The Hall–Kier alpha value is -5.98. The molecule has 0 saturated carbocycles. The van der Waals surface area contributed by atoms with E-state index in [2.05, 4.69) is 182 Å². The lowest BCUT2D eigenvalue weighted by molar-refractivity contribution is 1.64. The van der Waals surface area contributed by atoms with Crippen LogP contribution in [0.1, 0.15) is 0 Å². The minimum Gasteiger partial charge on any atom is -0.0622 e. The normalized spacial score (nSPS) is 11.5. The molecule has 0 heterocycles. The van der Waals surface area contributed by atoms with E-state index in [-0.39, 0.29) is 0 Å². The second kappa shape index (κ2) is 10.9. The molecule has 0 N–H and O–H groups in total. The van der Waals surface area contributed by atoms with Gasteiger partial charge in [-0.25, -0.2) is 0 Å². The molecule has 0 spiro atoms. The molecule has 0 fully saturated rings. The van der Waals surface area contributed by atoms with E-state index >= 15 is 0 Å². The van der Waals surface area contributed by atoms with Crippen LogP contribution in [0.3, 0.4) is 0 Å². The quantitative estimate of drug-likeness (QED) is 0.181. The van der Waals surface area contributed by atoms with Gasteiger partial charge in [-0.2, -0.15) is 0 Å². The van der Waals surface area contributed by atoms with Gasteiger partial charge in [0.05, 0.1) is 0 Å². The first-order valence-corrected chi connectivity index (χ1v) is 15.9. The maximum atomic E-state index is 2.37. The summed E-state index contributed by atoms with van der Waals surface area (Å²) in [5, 5.41) is 10.1. The minimum atomic E-state index is 1.23. The predicted octanol–water partition coefficient (Wildman–Crippen LogP) is 13.0. The monoisotopic (exact) mass is 582 g/mol. The average molecular weight is 583 g/mol. The lowest BCUT2D eigenvalue weighted by Gasteiger charge is -2.20. The Morgan fingerprint density at radius 3 is 1.24 bits per heavy atom. The molecule has 0 saturated heterocycles. The molecule has 0 aliphatic carbocycles. The van der Waals surface area contributed by atoms with E-state index in [0.717, 1.165) is 0 Å².